The summed E-state index contributed by atoms with van der Waals surface area (Å²) in [6, 6.07) is 18.2. The normalized spacial score (nSPS) is 18.8. The smallest absolute Gasteiger partial charge is 0.326 e. The quantitative estimate of drug-likeness (QED) is 0.323. The number of H-pyrrole nitrogens is 1. The highest BCUT2D eigenvalue weighted by atomic mass is 16.6. The number of para-hydroxylation sites is 2. The van der Waals surface area contributed by atoms with Crippen LogP contribution in [0.1, 0.15) is 42.6 Å². The maximum atomic E-state index is 13.5. The third-order valence-electron chi connectivity index (χ3n) is 7.90. The molecule has 2 aromatic heterocycles. The average Bonchev–Trinajstić information content (AvgIpc) is 3.47. The van der Waals surface area contributed by atoms with E-state index in [4.69, 9.17) is 0 Å². The lowest BCUT2D eigenvalue weighted by Crippen LogP contribution is -2.46. The van der Waals surface area contributed by atoms with Crippen LogP contribution in [0.25, 0.3) is 11.0 Å². The van der Waals surface area contributed by atoms with E-state index in [1.54, 1.807) is 12.1 Å². The summed E-state index contributed by atoms with van der Waals surface area (Å²) < 4.78 is 4.01. The first-order valence-electron chi connectivity index (χ1n) is 13.1. The van der Waals surface area contributed by atoms with E-state index in [2.05, 4.69) is 14.5 Å². The van der Waals surface area contributed by atoms with Gasteiger partial charge in [0.1, 0.15) is 0 Å². The van der Waals surface area contributed by atoms with Gasteiger partial charge < -0.3 is 14.5 Å². The Labute approximate surface area is 219 Å². The van der Waals surface area contributed by atoms with Crippen molar-refractivity contribution in [1.29, 1.82) is 0 Å². The van der Waals surface area contributed by atoms with Gasteiger partial charge in [0.15, 0.2) is 0 Å². The van der Waals surface area contributed by atoms with Gasteiger partial charge in [-0.05, 0) is 49.1 Å². The van der Waals surface area contributed by atoms with Gasteiger partial charge in [0.2, 0.25) is 5.91 Å². The zero-order chi connectivity index (χ0) is 26.2. The molecular weight excluding hydrogens is 484 g/mol. The lowest BCUT2D eigenvalue weighted by Gasteiger charge is -2.35. The van der Waals surface area contributed by atoms with Crippen molar-refractivity contribution in [3.8, 4) is 0 Å². The molecule has 0 bridgehead atoms. The van der Waals surface area contributed by atoms with Crippen LogP contribution in [0.3, 0.4) is 0 Å². The van der Waals surface area contributed by atoms with E-state index in [1.807, 2.05) is 58.1 Å². The van der Waals surface area contributed by atoms with Crippen LogP contribution < -0.4 is 5.69 Å². The fourth-order valence-corrected chi connectivity index (χ4v) is 6.08. The van der Waals surface area contributed by atoms with Gasteiger partial charge >= 0.3 is 5.69 Å². The Morgan fingerprint density at radius 1 is 1.00 bits per heavy atom. The zero-order valence-electron chi connectivity index (χ0n) is 21.0. The number of aromatic amines is 1. The molecule has 2 aromatic carbocycles. The molecule has 4 aromatic rings. The Morgan fingerprint density at radius 2 is 1.82 bits per heavy atom. The van der Waals surface area contributed by atoms with Crippen LogP contribution in [0.2, 0.25) is 0 Å². The van der Waals surface area contributed by atoms with E-state index < -0.39 is 0 Å². The molecule has 1 saturated heterocycles. The second kappa shape index (κ2) is 9.94. The Morgan fingerprint density at radius 3 is 2.63 bits per heavy atom. The van der Waals surface area contributed by atoms with Crippen LogP contribution in [0, 0.1) is 10.1 Å². The standard InChI is InChI=1S/C28H30N6O4/c35-26(31-16-11-21(12-17-31)33-24-9-2-1-8-23(24)29-28(33)36)19-32-15-5-14-30-13-4-10-25(30)27(32)20-6-3-7-22(18-20)34(37)38/h1-4,6-10,13,18,21,27H,5,11-12,14-17,19H2,(H,29,36). The first-order chi connectivity index (χ1) is 18.5. The molecule has 1 N–H and O–H groups in total. The lowest BCUT2D eigenvalue weighted by atomic mass is 10.0. The molecule has 2 aliphatic rings. The van der Waals surface area contributed by atoms with Crippen LogP contribution in [0.5, 0.6) is 0 Å². The molecule has 10 nitrogen and oxygen atoms in total. The zero-order valence-corrected chi connectivity index (χ0v) is 21.0. The number of nitro groups is 1. The van der Waals surface area contributed by atoms with E-state index in [0.717, 1.165) is 35.3 Å². The van der Waals surface area contributed by atoms with E-state index in [9.17, 15) is 19.7 Å². The fourth-order valence-electron chi connectivity index (χ4n) is 6.08. The number of aryl methyl sites for hydroxylation is 1. The number of amides is 1. The third kappa shape index (κ3) is 4.41. The van der Waals surface area contributed by atoms with Crippen molar-refractivity contribution in [3.63, 3.8) is 0 Å². The number of hydrogen-bond acceptors (Lipinski definition) is 5. The number of non-ortho nitro benzene ring substituents is 1. The van der Waals surface area contributed by atoms with Crippen LogP contribution in [0.15, 0.2) is 71.7 Å². The second-order valence-corrected chi connectivity index (χ2v) is 10.1. The molecule has 1 fully saturated rings. The largest absolute Gasteiger partial charge is 0.350 e. The highest BCUT2D eigenvalue weighted by Gasteiger charge is 2.32. The molecule has 2 aliphatic heterocycles. The van der Waals surface area contributed by atoms with Crippen molar-refractivity contribution in [2.45, 2.75) is 37.9 Å². The molecule has 0 saturated carbocycles. The van der Waals surface area contributed by atoms with Crippen molar-refractivity contribution in [2.24, 2.45) is 0 Å². The van der Waals surface area contributed by atoms with Gasteiger partial charge in [0.05, 0.1) is 28.5 Å². The molecule has 0 radical (unpaired) electrons. The molecule has 0 spiro atoms. The average molecular weight is 515 g/mol. The first-order valence-corrected chi connectivity index (χ1v) is 13.1. The third-order valence-corrected chi connectivity index (χ3v) is 7.90. The minimum atomic E-state index is -0.377. The number of benzene rings is 2. The van der Waals surface area contributed by atoms with Crippen molar-refractivity contribution < 1.29 is 9.72 Å². The Hall–Kier alpha value is -4.18. The maximum Gasteiger partial charge on any atom is 0.326 e. The van der Waals surface area contributed by atoms with Crippen LogP contribution in [-0.4, -0.2) is 60.9 Å². The number of imidazole rings is 1. The number of nitrogens with zero attached hydrogens (tertiary/aromatic N) is 5. The summed E-state index contributed by atoms with van der Waals surface area (Å²) in [6.45, 7) is 2.95. The summed E-state index contributed by atoms with van der Waals surface area (Å²) in [5.41, 5.74) is 3.51. The number of carbonyl (C=O) groups excluding carboxylic acids is 1. The molecule has 196 valence electrons. The summed E-state index contributed by atoms with van der Waals surface area (Å²) in [5.74, 6) is 0.0464. The minimum Gasteiger partial charge on any atom is -0.350 e. The summed E-state index contributed by atoms with van der Waals surface area (Å²) in [7, 11) is 0. The summed E-state index contributed by atoms with van der Waals surface area (Å²) >= 11 is 0. The van der Waals surface area contributed by atoms with Crippen molar-refractivity contribution >= 4 is 22.6 Å². The van der Waals surface area contributed by atoms with Gasteiger partial charge in [0.25, 0.3) is 5.69 Å². The SMILES string of the molecule is O=C(CN1CCCn2cccc2C1c1cccc([N+](=O)[O-])c1)N1CCC(n2c(=O)[nH]c3ccccc32)CC1. The summed E-state index contributed by atoms with van der Waals surface area (Å²) in [4.78, 5) is 44.3. The number of hydrogen-bond donors (Lipinski definition) is 1. The monoisotopic (exact) mass is 514 g/mol. The summed E-state index contributed by atoms with van der Waals surface area (Å²) in [6.07, 6.45) is 4.34. The second-order valence-electron chi connectivity index (χ2n) is 10.1. The van der Waals surface area contributed by atoms with Gasteiger partial charge in [-0.3, -0.25) is 24.4 Å². The van der Waals surface area contributed by atoms with Crippen molar-refractivity contribution in [2.75, 3.05) is 26.2 Å². The number of piperidine rings is 1. The first kappa shape index (κ1) is 24.2. The molecule has 4 heterocycles. The fraction of sp³-hybridized carbons (Fsp3) is 0.357. The Balaban J connectivity index is 1.20. The molecule has 38 heavy (non-hydrogen) atoms. The van der Waals surface area contributed by atoms with E-state index >= 15 is 0 Å². The van der Waals surface area contributed by atoms with Gasteiger partial charge in [-0.15, -0.1) is 0 Å². The number of nitro benzene ring substituents is 1. The highest BCUT2D eigenvalue weighted by molar-refractivity contribution is 5.78. The summed E-state index contributed by atoms with van der Waals surface area (Å²) in [5, 5.41) is 11.5. The van der Waals surface area contributed by atoms with Crippen LogP contribution in [-0.2, 0) is 11.3 Å². The lowest BCUT2D eigenvalue weighted by molar-refractivity contribution is -0.384. The number of fused-ring (bicyclic) bond motifs is 2. The minimum absolute atomic E-state index is 0.0433. The van der Waals surface area contributed by atoms with Gasteiger partial charge in [-0.2, -0.15) is 0 Å². The van der Waals surface area contributed by atoms with E-state index in [-0.39, 0.29) is 40.8 Å². The molecule has 6 rings (SSSR count). The number of nitrogens with one attached hydrogen (secondary N) is 1. The van der Waals surface area contributed by atoms with Gasteiger partial charge in [-0.1, -0.05) is 24.3 Å². The topological polar surface area (TPSA) is 109 Å². The maximum absolute atomic E-state index is 13.5. The molecule has 1 amide bonds. The van der Waals surface area contributed by atoms with Gasteiger partial charge in [-0.25, -0.2) is 4.79 Å². The number of likely N-dealkylation sites (tertiary alicyclic amines) is 1. The Kier molecular flexibility index (Phi) is 6.32. The van der Waals surface area contributed by atoms with Crippen molar-refractivity contribution in [3.05, 3.63) is 98.7 Å². The van der Waals surface area contributed by atoms with E-state index in [0.29, 0.717) is 32.5 Å². The number of rotatable bonds is 5. The Bertz CT molecular complexity index is 1540. The predicted octanol–water partition coefficient (Wildman–Crippen LogP) is 3.70. The number of carbonyl (C=O) groups is 1. The molecule has 0 aliphatic carbocycles. The number of aromatic nitrogens is 3. The predicted molar refractivity (Wildman–Crippen MR) is 143 cm³/mol. The van der Waals surface area contributed by atoms with E-state index in [1.165, 1.54) is 6.07 Å². The van der Waals surface area contributed by atoms with Gasteiger partial charge in [0, 0.05) is 56.2 Å². The van der Waals surface area contributed by atoms with Crippen LogP contribution in [0.4, 0.5) is 5.69 Å². The molecule has 10 heteroatoms. The molecular formula is C28H30N6O4. The molecule has 1 unspecified atom stereocenters. The van der Waals surface area contributed by atoms with Crippen molar-refractivity contribution in [1.82, 2.24) is 23.9 Å². The highest BCUT2D eigenvalue weighted by Crippen LogP contribution is 2.34. The molecule has 1 atom stereocenters. The van der Waals surface area contributed by atoms with Crippen LogP contribution >= 0.6 is 0 Å².